The molecule has 2 aromatic heterocycles. The molecule has 1 N–H and O–H groups in total. The van der Waals surface area contributed by atoms with Gasteiger partial charge in [-0.2, -0.15) is 0 Å². The largest absolute Gasteiger partial charge is 0.477 e. The van der Waals surface area contributed by atoms with Crippen LogP contribution in [0.3, 0.4) is 0 Å². The molecule has 0 amide bonds. The molecule has 5 rings (SSSR count). The first kappa shape index (κ1) is 23.5. The molecule has 3 aromatic rings. The number of halogens is 1. The van der Waals surface area contributed by atoms with Gasteiger partial charge in [-0.3, -0.25) is 0 Å². The smallest absolute Gasteiger partial charge is 0.227 e. The average Bonchev–Trinajstić information content (AvgIpc) is 2.87. The van der Waals surface area contributed by atoms with E-state index in [1.54, 1.807) is 12.4 Å². The number of aromatic nitrogens is 3. The molecule has 0 radical (unpaired) electrons. The highest BCUT2D eigenvalue weighted by Crippen LogP contribution is 2.30. The number of nitrogens with zero attached hydrogens (tertiary/aromatic N) is 5. The highest BCUT2D eigenvalue weighted by atomic mass is 35.5. The summed E-state index contributed by atoms with van der Waals surface area (Å²) in [5.74, 6) is 0.994. The van der Waals surface area contributed by atoms with Crippen molar-refractivity contribution in [3.63, 3.8) is 0 Å². The van der Waals surface area contributed by atoms with Crippen LogP contribution in [-0.4, -0.2) is 66.3 Å². The Bertz CT molecular complexity index is 1200. The van der Waals surface area contributed by atoms with Crippen molar-refractivity contribution < 1.29 is 9.47 Å². The number of likely N-dealkylation sites (N-methyl/N-ethyl adjacent to an activating group) is 1. The first-order chi connectivity index (χ1) is 17.2. The van der Waals surface area contributed by atoms with Crippen molar-refractivity contribution in [3.8, 4) is 17.1 Å². The van der Waals surface area contributed by atoms with Crippen LogP contribution in [0.4, 0.5) is 17.3 Å². The first-order valence-corrected chi connectivity index (χ1v) is 12.2. The third kappa shape index (κ3) is 5.90. The maximum Gasteiger partial charge on any atom is 0.227 e. The molecule has 0 saturated carbocycles. The Kier molecular flexibility index (Phi) is 7.42. The van der Waals surface area contributed by atoms with Gasteiger partial charge in [0, 0.05) is 60.9 Å². The molecular formula is C26H29ClN6O2. The van der Waals surface area contributed by atoms with Crippen molar-refractivity contribution in [2.75, 3.05) is 56.7 Å². The van der Waals surface area contributed by atoms with Gasteiger partial charge in [0.25, 0.3) is 0 Å². The van der Waals surface area contributed by atoms with Crippen molar-refractivity contribution in [2.24, 2.45) is 0 Å². The van der Waals surface area contributed by atoms with E-state index in [-0.39, 0.29) is 0 Å². The lowest BCUT2D eigenvalue weighted by molar-refractivity contribution is 0.148. The second kappa shape index (κ2) is 11.0. The number of rotatable bonds is 1. The lowest BCUT2D eigenvalue weighted by Gasteiger charge is -2.35. The summed E-state index contributed by atoms with van der Waals surface area (Å²) in [6.45, 7) is 5.65. The van der Waals surface area contributed by atoms with Crippen molar-refractivity contribution in [1.82, 2.24) is 19.9 Å². The van der Waals surface area contributed by atoms with Crippen LogP contribution < -0.4 is 15.0 Å². The Labute approximate surface area is 210 Å². The number of anilines is 3. The average molecular weight is 493 g/mol. The van der Waals surface area contributed by atoms with Crippen LogP contribution >= 0.6 is 11.6 Å². The van der Waals surface area contributed by atoms with Gasteiger partial charge in [0.05, 0.1) is 36.7 Å². The van der Waals surface area contributed by atoms with Gasteiger partial charge < -0.3 is 24.6 Å². The minimum Gasteiger partial charge on any atom is -0.477 e. The fourth-order valence-electron chi connectivity index (χ4n) is 4.18. The van der Waals surface area contributed by atoms with Crippen LogP contribution in [0.5, 0.6) is 5.88 Å². The highest BCUT2D eigenvalue weighted by Gasteiger charge is 2.18. The second-order valence-electron chi connectivity index (χ2n) is 8.66. The topological polar surface area (TPSA) is 75.6 Å². The summed E-state index contributed by atoms with van der Waals surface area (Å²) in [5, 5.41) is 3.80. The summed E-state index contributed by atoms with van der Waals surface area (Å²) in [5.41, 5.74) is 4.67. The van der Waals surface area contributed by atoms with Crippen LogP contribution in [0.15, 0.2) is 54.9 Å². The Hall–Kier alpha value is -3.20. The Morgan fingerprint density at radius 1 is 1.03 bits per heavy atom. The van der Waals surface area contributed by atoms with E-state index in [0.717, 1.165) is 49.4 Å². The zero-order chi connectivity index (χ0) is 24.0. The zero-order valence-corrected chi connectivity index (χ0v) is 20.5. The van der Waals surface area contributed by atoms with Crippen molar-refractivity contribution in [3.05, 3.63) is 65.5 Å². The molecule has 0 unspecified atom stereocenters. The Balaban J connectivity index is 1.48. The summed E-state index contributed by atoms with van der Waals surface area (Å²) < 4.78 is 11.8. The van der Waals surface area contributed by atoms with Crippen LogP contribution in [-0.2, 0) is 11.3 Å². The van der Waals surface area contributed by atoms with Gasteiger partial charge in [-0.15, -0.1) is 0 Å². The summed E-state index contributed by atoms with van der Waals surface area (Å²) in [6, 6.07) is 10.0. The SMILES string of the molecule is CN1CCN(c2ccc3cc2COC/C=C/CCOc2cc(ccn2)-c2nc(ncc2Cl)N3)CC1. The van der Waals surface area contributed by atoms with E-state index < -0.39 is 0 Å². The van der Waals surface area contributed by atoms with E-state index in [4.69, 9.17) is 21.1 Å². The second-order valence-corrected chi connectivity index (χ2v) is 9.06. The van der Waals surface area contributed by atoms with E-state index in [9.17, 15) is 0 Å². The van der Waals surface area contributed by atoms with Crippen molar-refractivity contribution in [1.29, 1.82) is 0 Å². The summed E-state index contributed by atoms with van der Waals surface area (Å²) in [4.78, 5) is 18.2. The summed E-state index contributed by atoms with van der Waals surface area (Å²) >= 11 is 6.46. The predicted molar refractivity (Wildman–Crippen MR) is 139 cm³/mol. The van der Waals surface area contributed by atoms with Gasteiger partial charge in [-0.25, -0.2) is 15.0 Å². The van der Waals surface area contributed by atoms with Crippen molar-refractivity contribution >= 4 is 28.9 Å². The molecule has 2 aliphatic rings. The van der Waals surface area contributed by atoms with Gasteiger partial charge in [0.2, 0.25) is 11.8 Å². The third-order valence-electron chi connectivity index (χ3n) is 6.10. The third-order valence-corrected chi connectivity index (χ3v) is 6.38. The monoisotopic (exact) mass is 492 g/mol. The Morgan fingerprint density at radius 2 is 1.91 bits per heavy atom. The predicted octanol–water partition coefficient (Wildman–Crippen LogP) is 4.54. The standard InChI is InChI=1S/C26H29ClN6O2/c1-32-9-11-33(12-10-32)23-6-5-21-15-20(23)18-34-13-3-2-4-14-35-24-16-19(7-8-28-24)25-22(27)17-29-26(30-21)31-25/h2-3,5-8,15-17H,4,9-14,18H2,1H3,(H,29,30,31)/b3-2+. The molecule has 0 aliphatic carbocycles. The van der Waals surface area contributed by atoms with E-state index in [1.165, 1.54) is 5.69 Å². The lowest BCUT2D eigenvalue weighted by atomic mass is 10.1. The molecular weight excluding hydrogens is 464 g/mol. The number of pyridine rings is 1. The zero-order valence-electron chi connectivity index (χ0n) is 19.8. The van der Waals surface area contributed by atoms with Crippen LogP contribution in [0.2, 0.25) is 5.02 Å². The molecule has 0 spiro atoms. The minimum atomic E-state index is 0.463. The maximum absolute atomic E-state index is 6.46. The quantitative estimate of drug-likeness (QED) is 0.496. The molecule has 4 heterocycles. The number of benzene rings is 1. The lowest BCUT2D eigenvalue weighted by Crippen LogP contribution is -2.44. The van der Waals surface area contributed by atoms with Gasteiger partial charge in [0.15, 0.2) is 0 Å². The maximum atomic E-state index is 6.46. The molecule has 1 saturated heterocycles. The Morgan fingerprint density at radius 3 is 2.80 bits per heavy atom. The number of hydrogen-bond acceptors (Lipinski definition) is 8. The highest BCUT2D eigenvalue weighted by molar-refractivity contribution is 6.32. The van der Waals surface area contributed by atoms with Gasteiger partial charge >= 0.3 is 0 Å². The molecule has 9 heteroatoms. The summed E-state index contributed by atoms with van der Waals surface area (Å²) in [7, 11) is 2.16. The fourth-order valence-corrected chi connectivity index (χ4v) is 4.38. The number of ether oxygens (including phenoxy) is 2. The van der Waals surface area contributed by atoms with Gasteiger partial charge in [-0.1, -0.05) is 23.8 Å². The molecule has 1 fully saturated rings. The number of hydrogen-bond donors (Lipinski definition) is 1. The van der Waals surface area contributed by atoms with Crippen molar-refractivity contribution in [2.45, 2.75) is 13.0 Å². The van der Waals surface area contributed by atoms with Crippen LogP contribution in [0, 0.1) is 0 Å². The molecule has 182 valence electrons. The van der Waals surface area contributed by atoms with E-state index in [0.29, 0.717) is 42.4 Å². The minimum absolute atomic E-state index is 0.463. The molecule has 6 bridgehead atoms. The van der Waals surface area contributed by atoms with E-state index >= 15 is 0 Å². The normalized spacial score (nSPS) is 18.1. The first-order valence-electron chi connectivity index (χ1n) is 11.8. The number of fused-ring (bicyclic) bond motifs is 7. The van der Waals surface area contributed by atoms with Gasteiger partial charge in [0.1, 0.15) is 0 Å². The van der Waals surface area contributed by atoms with E-state index in [2.05, 4.69) is 61.4 Å². The molecule has 8 nitrogen and oxygen atoms in total. The number of piperazine rings is 1. The number of nitrogens with one attached hydrogen (secondary N) is 1. The molecule has 1 aromatic carbocycles. The van der Waals surface area contributed by atoms with E-state index in [1.807, 2.05) is 18.2 Å². The molecule has 35 heavy (non-hydrogen) atoms. The molecule has 0 atom stereocenters. The van der Waals surface area contributed by atoms with Gasteiger partial charge in [-0.05, 0) is 37.7 Å². The van der Waals surface area contributed by atoms with Crippen LogP contribution in [0.1, 0.15) is 12.0 Å². The van der Waals surface area contributed by atoms with Crippen LogP contribution in [0.25, 0.3) is 11.3 Å². The fraction of sp³-hybridized carbons (Fsp3) is 0.346. The summed E-state index contributed by atoms with van der Waals surface area (Å²) in [6.07, 6.45) is 8.17. The molecule has 2 aliphatic heterocycles.